The van der Waals surface area contributed by atoms with Crippen LogP contribution in [0.4, 0.5) is 24.5 Å². The van der Waals surface area contributed by atoms with Gasteiger partial charge in [-0.1, -0.05) is 30.3 Å². The van der Waals surface area contributed by atoms with E-state index < -0.39 is 24.7 Å². The van der Waals surface area contributed by atoms with Crippen LogP contribution < -0.4 is 5.32 Å². The summed E-state index contributed by atoms with van der Waals surface area (Å²) in [7, 11) is 1.22. The number of hydrogen-bond donors (Lipinski definition) is 2. The highest BCUT2D eigenvalue weighted by molar-refractivity contribution is 6.00. The molecule has 0 saturated heterocycles. The Labute approximate surface area is 137 Å². The van der Waals surface area contributed by atoms with Crippen LogP contribution in [0.3, 0.4) is 0 Å². The van der Waals surface area contributed by atoms with Crippen LogP contribution in [0.5, 0.6) is 0 Å². The number of likely N-dealkylation sites (N-methyl/N-ethyl adjacent to an activating group) is 1. The summed E-state index contributed by atoms with van der Waals surface area (Å²) in [4.78, 5) is 13.3. The molecule has 0 spiro atoms. The first-order valence-electron chi connectivity index (χ1n) is 7.20. The third-order valence-electron chi connectivity index (χ3n) is 3.38. The quantitative estimate of drug-likeness (QED) is 0.878. The van der Waals surface area contributed by atoms with Gasteiger partial charge in [0.05, 0.1) is 17.8 Å². The molecule has 0 aliphatic rings. The maximum Gasteiger partial charge on any atom is 0.416 e. The van der Waals surface area contributed by atoms with Gasteiger partial charge < -0.3 is 15.3 Å². The molecule has 0 fully saturated rings. The van der Waals surface area contributed by atoms with Gasteiger partial charge >= 0.3 is 6.18 Å². The van der Waals surface area contributed by atoms with Crippen LogP contribution in [0.2, 0.25) is 0 Å². The van der Waals surface area contributed by atoms with Gasteiger partial charge in [-0.2, -0.15) is 13.2 Å². The number of halogens is 3. The maximum absolute atomic E-state index is 12.4. The third-order valence-corrected chi connectivity index (χ3v) is 3.38. The fourth-order valence-corrected chi connectivity index (χ4v) is 2.11. The number of benzene rings is 2. The van der Waals surface area contributed by atoms with Crippen molar-refractivity contribution in [2.75, 3.05) is 18.9 Å². The molecule has 2 N–H and O–H groups in total. The topological polar surface area (TPSA) is 52.6 Å². The van der Waals surface area contributed by atoms with Gasteiger partial charge in [0, 0.05) is 12.7 Å². The molecule has 1 atom stereocenters. The van der Waals surface area contributed by atoms with Gasteiger partial charge in [-0.3, -0.25) is 4.79 Å². The summed E-state index contributed by atoms with van der Waals surface area (Å²) in [5.41, 5.74) is 1.44. The van der Waals surface area contributed by atoms with Crippen LogP contribution in [0.1, 0.15) is 10.4 Å². The summed E-state index contributed by atoms with van der Waals surface area (Å²) in [6, 6.07) is 15.6. The van der Waals surface area contributed by atoms with Crippen LogP contribution in [-0.4, -0.2) is 41.8 Å². The molecule has 128 valence electrons. The average molecular weight is 338 g/mol. The Balaban J connectivity index is 2.18. The van der Waals surface area contributed by atoms with E-state index in [0.29, 0.717) is 5.69 Å². The minimum Gasteiger partial charge on any atom is -0.382 e. The van der Waals surface area contributed by atoms with E-state index >= 15 is 0 Å². The largest absolute Gasteiger partial charge is 0.416 e. The van der Waals surface area contributed by atoms with Crippen molar-refractivity contribution < 1.29 is 23.1 Å². The highest BCUT2D eigenvalue weighted by atomic mass is 19.4. The van der Waals surface area contributed by atoms with Crippen LogP contribution in [0.25, 0.3) is 0 Å². The number of alkyl halides is 3. The molecule has 0 bridgehead atoms. The lowest BCUT2D eigenvalue weighted by Gasteiger charge is -2.23. The molecule has 7 heteroatoms. The number of carbonyl (C=O) groups is 1. The first-order valence-corrected chi connectivity index (χ1v) is 7.20. The molecule has 0 radical (unpaired) electrons. The number of hydrogen-bond acceptors (Lipinski definition) is 3. The number of aliphatic hydroxyl groups is 1. The monoisotopic (exact) mass is 338 g/mol. The van der Waals surface area contributed by atoms with E-state index in [1.807, 2.05) is 18.2 Å². The van der Waals surface area contributed by atoms with Gasteiger partial charge in [0.1, 0.15) is 0 Å². The van der Waals surface area contributed by atoms with Crippen molar-refractivity contribution in [2.45, 2.75) is 12.3 Å². The Bertz CT molecular complexity index is 690. The normalized spacial score (nSPS) is 12.5. The van der Waals surface area contributed by atoms with Gasteiger partial charge in [0.15, 0.2) is 6.10 Å². The molecule has 2 aromatic carbocycles. The van der Waals surface area contributed by atoms with Crippen LogP contribution in [0.15, 0.2) is 54.6 Å². The van der Waals surface area contributed by atoms with E-state index in [1.54, 1.807) is 30.3 Å². The average Bonchev–Trinajstić information content (AvgIpc) is 2.54. The Morgan fingerprint density at radius 3 is 2.33 bits per heavy atom. The van der Waals surface area contributed by atoms with Crippen LogP contribution in [0, 0.1) is 0 Å². The third kappa shape index (κ3) is 4.48. The Morgan fingerprint density at radius 2 is 1.71 bits per heavy atom. The SMILES string of the molecule is CN(CC(O)C(F)(F)F)C(=O)c1ccccc1Nc1ccccc1. The number of para-hydroxylation sites is 2. The lowest BCUT2D eigenvalue weighted by molar-refractivity contribution is -0.205. The van der Waals surface area contributed by atoms with Crippen molar-refractivity contribution in [3.63, 3.8) is 0 Å². The number of anilines is 2. The Morgan fingerprint density at radius 1 is 1.12 bits per heavy atom. The Hall–Kier alpha value is -2.54. The zero-order valence-corrected chi connectivity index (χ0v) is 12.9. The molecule has 2 rings (SSSR count). The second kappa shape index (κ2) is 7.35. The minimum atomic E-state index is -4.77. The predicted octanol–water partition coefficient (Wildman–Crippen LogP) is 3.43. The molecule has 4 nitrogen and oxygen atoms in total. The maximum atomic E-state index is 12.4. The molecule has 1 amide bonds. The molecule has 24 heavy (non-hydrogen) atoms. The molecule has 1 unspecified atom stereocenters. The van der Waals surface area contributed by atoms with Crippen molar-refractivity contribution >= 4 is 17.3 Å². The molecule has 2 aromatic rings. The molecular formula is C17H17F3N2O2. The van der Waals surface area contributed by atoms with Crippen molar-refractivity contribution in [2.24, 2.45) is 0 Å². The van der Waals surface area contributed by atoms with E-state index in [1.165, 1.54) is 13.1 Å². The van der Waals surface area contributed by atoms with Gasteiger partial charge in [-0.25, -0.2) is 0 Å². The highest BCUT2D eigenvalue weighted by Gasteiger charge is 2.39. The van der Waals surface area contributed by atoms with Crippen molar-refractivity contribution in [3.05, 3.63) is 60.2 Å². The zero-order valence-electron chi connectivity index (χ0n) is 12.9. The molecular weight excluding hydrogens is 321 g/mol. The second-order valence-electron chi connectivity index (χ2n) is 5.28. The first-order chi connectivity index (χ1) is 11.3. The standard InChI is InChI=1S/C17H17F3N2O2/c1-22(11-15(23)17(18,19)20)16(24)13-9-5-6-10-14(13)21-12-7-3-2-4-8-12/h2-10,15,21,23H,11H2,1H3. The molecule has 0 aliphatic carbocycles. The van der Waals surface area contributed by atoms with Crippen molar-refractivity contribution in [1.82, 2.24) is 4.90 Å². The summed E-state index contributed by atoms with van der Waals surface area (Å²) in [6.45, 7) is -0.831. The summed E-state index contributed by atoms with van der Waals surface area (Å²) < 4.78 is 37.3. The number of carbonyl (C=O) groups excluding carboxylic acids is 1. The lowest BCUT2D eigenvalue weighted by Crippen LogP contribution is -2.41. The number of rotatable bonds is 5. The summed E-state index contributed by atoms with van der Waals surface area (Å²) >= 11 is 0. The fourth-order valence-electron chi connectivity index (χ4n) is 2.11. The highest BCUT2D eigenvalue weighted by Crippen LogP contribution is 2.24. The summed E-state index contributed by atoms with van der Waals surface area (Å²) in [5, 5.41) is 12.2. The van der Waals surface area contributed by atoms with Gasteiger partial charge in [-0.05, 0) is 24.3 Å². The van der Waals surface area contributed by atoms with E-state index in [-0.39, 0.29) is 5.56 Å². The zero-order chi connectivity index (χ0) is 17.7. The lowest BCUT2D eigenvalue weighted by atomic mass is 10.1. The van der Waals surface area contributed by atoms with Gasteiger partial charge in [-0.15, -0.1) is 0 Å². The van der Waals surface area contributed by atoms with Gasteiger partial charge in [0.2, 0.25) is 0 Å². The molecule has 0 heterocycles. The fraction of sp³-hybridized carbons (Fsp3) is 0.235. The summed E-state index contributed by atoms with van der Waals surface area (Å²) in [5.74, 6) is -0.614. The van der Waals surface area contributed by atoms with E-state index in [2.05, 4.69) is 5.32 Å². The minimum absolute atomic E-state index is 0.221. The number of nitrogens with zero attached hydrogens (tertiary/aromatic N) is 1. The smallest absolute Gasteiger partial charge is 0.382 e. The van der Waals surface area contributed by atoms with Crippen LogP contribution >= 0.6 is 0 Å². The number of aliphatic hydroxyl groups excluding tert-OH is 1. The molecule has 0 saturated carbocycles. The van der Waals surface area contributed by atoms with Gasteiger partial charge in [0.25, 0.3) is 5.91 Å². The van der Waals surface area contributed by atoms with E-state index in [4.69, 9.17) is 5.11 Å². The molecule has 0 aromatic heterocycles. The summed E-state index contributed by atoms with van der Waals surface area (Å²) in [6.07, 6.45) is -7.35. The van der Waals surface area contributed by atoms with E-state index in [9.17, 15) is 18.0 Å². The Kier molecular flexibility index (Phi) is 5.46. The number of nitrogens with one attached hydrogen (secondary N) is 1. The second-order valence-corrected chi connectivity index (χ2v) is 5.28. The van der Waals surface area contributed by atoms with Crippen molar-refractivity contribution in [3.8, 4) is 0 Å². The predicted molar refractivity (Wildman–Crippen MR) is 85.2 cm³/mol. The van der Waals surface area contributed by atoms with Crippen molar-refractivity contribution in [1.29, 1.82) is 0 Å². The van der Waals surface area contributed by atoms with Crippen LogP contribution in [-0.2, 0) is 0 Å². The first kappa shape index (κ1) is 17.8. The molecule has 0 aliphatic heterocycles. The number of amides is 1. The van der Waals surface area contributed by atoms with E-state index in [0.717, 1.165) is 10.6 Å².